The molecule has 0 radical (unpaired) electrons. The molecular formula is C35H34FN9O4. The third kappa shape index (κ3) is 8.33. The number of benzene rings is 4. The van der Waals surface area contributed by atoms with E-state index in [9.17, 15) is 9.18 Å². The molecule has 13 nitrogen and oxygen atoms in total. The third-order valence-corrected chi connectivity index (χ3v) is 7.99. The third-order valence-electron chi connectivity index (χ3n) is 7.99. The van der Waals surface area contributed by atoms with E-state index in [1.165, 1.54) is 6.07 Å². The summed E-state index contributed by atoms with van der Waals surface area (Å²) in [6.45, 7) is 0.392. The van der Waals surface area contributed by atoms with Gasteiger partial charge in [0, 0.05) is 46.9 Å². The molecule has 0 aliphatic carbocycles. The molecular weight excluding hydrogens is 629 g/mol. The van der Waals surface area contributed by atoms with Crippen LogP contribution in [0, 0.1) is 5.82 Å². The van der Waals surface area contributed by atoms with Crippen LogP contribution in [-0.2, 0) is 35.6 Å². The van der Waals surface area contributed by atoms with Gasteiger partial charge in [-0.25, -0.2) is 14.8 Å². The maximum absolute atomic E-state index is 14.6. The van der Waals surface area contributed by atoms with Gasteiger partial charge in [-0.1, -0.05) is 77.0 Å². The second-order valence-corrected chi connectivity index (χ2v) is 11.1. The van der Waals surface area contributed by atoms with Crippen LogP contribution in [0.15, 0.2) is 112 Å². The van der Waals surface area contributed by atoms with E-state index in [4.69, 9.17) is 30.6 Å². The number of carbonyl (C=O) groups excluding carboxylic acids is 1. The lowest BCUT2D eigenvalue weighted by molar-refractivity contribution is -0.130. The number of aliphatic hydroxyl groups is 1. The second kappa shape index (κ2) is 16.8. The highest BCUT2D eigenvalue weighted by Crippen LogP contribution is 2.44. The average molecular weight is 664 g/mol. The molecule has 0 bridgehead atoms. The van der Waals surface area contributed by atoms with Gasteiger partial charge in [0.25, 0.3) is 5.91 Å². The van der Waals surface area contributed by atoms with Gasteiger partial charge in [-0.3, -0.25) is 10.2 Å². The summed E-state index contributed by atoms with van der Waals surface area (Å²) in [4.78, 5) is 25.5. The predicted molar refractivity (Wildman–Crippen MR) is 180 cm³/mol. The van der Waals surface area contributed by atoms with E-state index in [1.807, 2.05) is 24.3 Å². The van der Waals surface area contributed by atoms with E-state index < -0.39 is 23.4 Å². The molecule has 1 heterocycles. The van der Waals surface area contributed by atoms with Gasteiger partial charge in [0.15, 0.2) is 11.6 Å². The molecule has 2 atom stereocenters. The Morgan fingerprint density at radius 3 is 2.22 bits per heavy atom. The normalized spacial score (nSPS) is 16.4. The van der Waals surface area contributed by atoms with Crippen LogP contribution in [-0.4, -0.2) is 35.7 Å². The quantitative estimate of drug-likeness (QED) is 0.0403. The van der Waals surface area contributed by atoms with E-state index in [0.29, 0.717) is 52.2 Å². The fourth-order valence-corrected chi connectivity index (χ4v) is 5.55. The molecule has 1 amide bonds. The lowest BCUT2D eigenvalue weighted by Crippen LogP contribution is -2.54. The van der Waals surface area contributed by atoms with Crippen LogP contribution in [0.25, 0.3) is 20.9 Å². The number of nitrogens with zero attached hydrogens (tertiary/aromatic N) is 7. The topological polar surface area (TPSA) is 190 Å². The zero-order chi connectivity index (χ0) is 34.5. The summed E-state index contributed by atoms with van der Waals surface area (Å²) < 4.78 is 26.7. The van der Waals surface area contributed by atoms with Crippen molar-refractivity contribution in [3.8, 4) is 5.75 Å². The van der Waals surface area contributed by atoms with Crippen LogP contribution in [0.3, 0.4) is 0 Å². The Bertz CT molecular complexity index is 1890. The molecule has 0 saturated heterocycles. The Hall–Kier alpha value is -5.91. The van der Waals surface area contributed by atoms with Gasteiger partial charge in [-0.15, -0.1) is 0 Å². The molecule has 0 fully saturated rings. The van der Waals surface area contributed by atoms with Gasteiger partial charge < -0.3 is 14.6 Å². The summed E-state index contributed by atoms with van der Waals surface area (Å²) in [5.74, 6) is -0.225. The molecule has 0 unspecified atom stereocenters. The molecule has 1 aliphatic rings. The van der Waals surface area contributed by atoms with Gasteiger partial charge in [0.2, 0.25) is 5.90 Å². The highest BCUT2D eigenvalue weighted by molar-refractivity contribution is 6.01. The molecule has 3 N–H and O–H groups in total. The van der Waals surface area contributed by atoms with Crippen molar-refractivity contribution in [3.05, 3.63) is 157 Å². The summed E-state index contributed by atoms with van der Waals surface area (Å²) in [6, 6.07) is 27.7. The minimum Gasteiger partial charge on any atom is -0.494 e. The average Bonchev–Trinajstić information content (AvgIpc) is 3.51. The number of aliphatic imine (C=N–C) groups is 1. The maximum atomic E-state index is 14.6. The first-order valence-corrected chi connectivity index (χ1v) is 15.5. The number of carbonyl (C=O) groups is 1. The monoisotopic (exact) mass is 663 g/mol. The molecule has 0 aromatic heterocycles. The number of hydrogen-bond acceptors (Lipinski definition) is 8. The van der Waals surface area contributed by atoms with Gasteiger partial charge in [0.05, 0.1) is 19.7 Å². The smallest absolute Gasteiger partial charge is 0.266 e. The van der Waals surface area contributed by atoms with Crippen molar-refractivity contribution in [2.24, 2.45) is 15.2 Å². The van der Waals surface area contributed by atoms with Crippen molar-refractivity contribution in [2.75, 3.05) is 13.2 Å². The van der Waals surface area contributed by atoms with Gasteiger partial charge >= 0.3 is 0 Å². The fourth-order valence-electron chi connectivity index (χ4n) is 5.55. The number of nitrogens with one attached hydrogen (secondary N) is 2. The minimum atomic E-state index is -1.66. The zero-order valence-electron chi connectivity index (χ0n) is 26.4. The van der Waals surface area contributed by atoms with Gasteiger partial charge in [0.1, 0.15) is 11.6 Å². The van der Waals surface area contributed by atoms with Crippen molar-refractivity contribution < 1.29 is 23.8 Å². The van der Waals surface area contributed by atoms with E-state index in [0.717, 1.165) is 0 Å². The Labute approximate surface area is 281 Å². The molecule has 4 aromatic carbocycles. The van der Waals surface area contributed by atoms with E-state index in [-0.39, 0.29) is 38.6 Å². The first kappa shape index (κ1) is 34.4. The summed E-state index contributed by atoms with van der Waals surface area (Å²) >= 11 is 0. The van der Waals surface area contributed by atoms with Crippen molar-refractivity contribution in [1.82, 2.24) is 10.9 Å². The van der Waals surface area contributed by atoms with Crippen LogP contribution in [0.2, 0.25) is 0 Å². The van der Waals surface area contributed by atoms with Crippen molar-refractivity contribution in [2.45, 2.75) is 44.1 Å². The van der Waals surface area contributed by atoms with Crippen LogP contribution >= 0.6 is 0 Å². The Morgan fingerprint density at radius 1 is 0.898 bits per heavy atom. The first-order chi connectivity index (χ1) is 24.0. The first-order valence-electron chi connectivity index (χ1n) is 15.5. The van der Waals surface area contributed by atoms with Crippen LogP contribution in [0.4, 0.5) is 4.39 Å². The summed E-state index contributed by atoms with van der Waals surface area (Å²) in [5, 5.41) is 16.6. The number of amides is 1. The van der Waals surface area contributed by atoms with Crippen molar-refractivity contribution in [1.29, 1.82) is 0 Å². The Kier molecular flexibility index (Phi) is 11.8. The fraction of sp³-hybridized carbons (Fsp3) is 0.257. The molecule has 1 aliphatic heterocycles. The van der Waals surface area contributed by atoms with Gasteiger partial charge in [-0.05, 0) is 63.6 Å². The lowest BCUT2D eigenvalue weighted by Gasteiger charge is -2.32. The maximum Gasteiger partial charge on any atom is 0.266 e. The molecule has 0 saturated carbocycles. The number of rotatable bonds is 16. The largest absolute Gasteiger partial charge is 0.494 e. The van der Waals surface area contributed by atoms with E-state index >= 15 is 0 Å². The van der Waals surface area contributed by atoms with E-state index in [1.54, 1.807) is 66.7 Å². The number of azide groups is 2. The molecule has 5 rings (SSSR count). The van der Waals surface area contributed by atoms with Crippen molar-refractivity contribution >= 4 is 11.8 Å². The highest BCUT2D eigenvalue weighted by atomic mass is 19.1. The number of aliphatic hydroxyl groups excluding tert-OH is 1. The zero-order valence-corrected chi connectivity index (χ0v) is 26.4. The van der Waals surface area contributed by atoms with Crippen LogP contribution in [0.1, 0.15) is 45.9 Å². The molecule has 49 heavy (non-hydrogen) atoms. The Balaban J connectivity index is 1.61. The minimum absolute atomic E-state index is 0.00154. The standard InChI is InChI=1S/C35H34FN9O4/c36-31-13-6-4-11-28(31)23-39-43-34(47)35(20-25-8-1-2-9-26(25)21-40-44-37)32(30-12-5-3-10-27(30)22-41-45-38)49-33(42-35)24-14-16-29(17-15-24)48-19-7-18-46/h1-6,8-17,32,39,46H,7,18-23H2,(H,43,47)/t32-,35-/m0/s1. The number of hydrazine groups is 1. The predicted octanol–water partition coefficient (Wildman–Crippen LogP) is 6.53. The lowest BCUT2D eigenvalue weighted by atomic mass is 9.80. The number of hydrogen-bond donors (Lipinski definition) is 3. The van der Waals surface area contributed by atoms with E-state index in [2.05, 4.69) is 30.9 Å². The van der Waals surface area contributed by atoms with Gasteiger partial charge in [-0.2, -0.15) is 0 Å². The summed E-state index contributed by atoms with van der Waals surface area (Å²) in [6.07, 6.45) is -0.516. The number of ether oxygens (including phenoxy) is 2. The second-order valence-electron chi connectivity index (χ2n) is 11.1. The van der Waals surface area contributed by atoms with Crippen LogP contribution in [0.5, 0.6) is 5.75 Å². The summed E-state index contributed by atoms with van der Waals surface area (Å²) in [7, 11) is 0. The molecule has 0 spiro atoms. The molecule has 4 aromatic rings. The summed E-state index contributed by atoms with van der Waals surface area (Å²) in [5.41, 5.74) is 25.6. The van der Waals surface area contributed by atoms with Crippen molar-refractivity contribution in [3.63, 3.8) is 0 Å². The Morgan fingerprint density at radius 2 is 1.53 bits per heavy atom. The molecule has 14 heteroatoms. The number of halogens is 1. The molecule has 250 valence electrons. The SMILES string of the molecule is [N-]=[N+]=NCc1ccccc1C[C@]1(C(=O)NNCc2ccccc2F)N=C(c2ccc(OCCCO)cc2)O[C@H]1c1ccccc1CN=[N+]=[N-]. The van der Waals surface area contributed by atoms with Crippen LogP contribution < -0.4 is 15.6 Å². The highest BCUT2D eigenvalue weighted by Gasteiger charge is 2.54.